The number of nitrogens with two attached hydrogens (primary N) is 1. The van der Waals surface area contributed by atoms with E-state index in [0.717, 1.165) is 12.1 Å². The van der Waals surface area contributed by atoms with Gasteiger partial charge in [-0.3, -0.25) is 0 Å². The minimum atomic E-state index is -0.920. The summed E-state index contributed by atoms with van der Waals surface area (Å²) >= 11 is 0. The highest BCUT2D eigenvalue weighted by Gasteiger charge is 2.27. The van der Waals surface area contributed by atoms with Crippen LogP contribution in [0.3, 0.4) is 0 Å². The van der Waals surface area contributed by atoms with E-state index in [0.29, 0.717) is 5.56 Å². The van der Waals surface area contributed by atoms with E-state index in [1.165, 1.54) is 6.07 Å². The van der Waals surface area contributed by atoms with E-state index in [4.69, 9.17) is 10.8 Å². The Morgan fingerprint density at radius 2 is 1.93 bits per heavy atom. The maximum atomic E-state index is 12.9. The lowest BCUT2D eigenvalue weighted by atomic mass is 9.82. The quantitative estimate of drug-likeness (QED) is 0.809. The van der Waals surface area contributed by atoms with Crippen molar-refractivity contribution in [1.82, 2.24) is 0 Å². The highest BCUT2D eigenvalue weighted by atomic mass is 19.2. The van der Waals surface area contributed by atoms with Crippen LogP contribution in [0, 0.1) is 17.0 Å². The summed E-state index contributed by atoms with van der Waals surface area (Å²) in [7, 11) is 0. The maximum absolute atomic E-state index is 12.9. The van der Waals surface area contributed by atoms with Crippen LogP contribution in [0.1, 0.15) is 25.5 Å². The van der Waals surface area contributed by atoms with Gasteiger partial charge in [0.25, 0.3) is 0 Å². The molecule has 84 valence electrons. The second-order valence-corrected chi connectivity index (χ2v) is 4.30. The summed E-state index contributed by atoms with van der Waals surface area (Å²) in [6.45, 7) is 3.41. The van der Waals surface area contributed by atoms with Gasteiger partial charge < -0.3 is 10.8 Å². The average Bonchev–Trinajstić information content (AvgIpc) is 2.21. The lowest BCUT2D eigenvalue weighted by Gasteiger charge is -2.29. The Hall–Kier alpha value is -1.00. The second-order valence-electron chi connectivity index (χ2n) is 4.30. The van der Waals surface area contributed by atoms with Crippen molar-refractivity contribution in [2.75, 3.05) is 6.61 Å². The first-order valence-electron chi connectivity index (χ1n) is 4.70. The number of hydrogen-bond acceptors (Lipinski definition) is 2. The summed E-state index contributed by atoms with van der Waals surface area (Å²) in [5.41, 5.74) is 5.77. The zero-order chi connectivity index (χ0) is 11.6. The van der Waals surface area contributed by atoms with Gasteiger partial charge >= 0.3 is 0 Å². The van der Waals surface area contributed by atoms with Crippen molar-refractivity contribution in [3.05, 3.63) is 35.4 Å². The molecule has 1 aromatic carbocycles. The third-order valence-electron chi connectivity index (χ3n) is 2.55. The molecule has 0 heterocycles. The van der Waals surface area contributed by atoms with E-state index in [2.05, 4.69) is 0 Å². The summed E-state index contributed by atoms with van der Waals surface area (Å²) in [5.74, 6) is -1.82. The maximum Gasteiger partial charge on any atom is 0.159 e. The average molecular weight is 215 g/mol. The molecule has 0 spiro atoms. The molecule has 4 heteroatoms. The van der Waals surface area contributed by atoms with Gasteiger partial charge in [0.2, 0.25) is 0 Å². The zero-order valence-electron chi connectivity index (χ0n) is 8.80. The van der Waals surface area contributed by atoms with E-state index in [-0.39, 0.29) is 6.61 Å². The normalized spacial score (nSPS) is 14.0. The molecule has 0 saturated heterocycles. The molecule has 0 fully saturated rings. The molecule has 0 aliphatic carbocycles. The number of benzene rings is 1. The second kappa shape index (κ2) is 4.24. The van der Waals surface area contributed by atoms with Gasteiger partial charge in [0, 0.05) is 18.1 Å². The molecule has 1 atom stereocenters. The first-order valence-corrected chi connectivity index (χ1v) is 4.70. The van der Waals surface area contributed by atoms with Crippen LogP contribution in [0.5, 0.6) is 0 Å². The van der Waals surface area contributed by atoms with Crippen molar-refractivity contribution >= 4 is 0 Å². The van der Waals surface area contributed by atoms with Gasteiger partial charge in [-0.05, 0) is 17.7 Å². The third kappa shape index (κ3) is 2.52. The first kappa shape index (κ1) is 12.1. The van der Waals surface area contributed by atoms with Gasteiger partial charge in [-0.2, -0.15) is 0 Å². The first-order chi connectivity index (χ1) is 6.88. The predicted molar refractivity (Wildman–Crippen MR) is 54.2 cm³/mol. The Labute approximate surface area is 87.7 Å². The summed E-state index contributed by atoms with van der Waals surface area (Å²) in [5, 5.41) is 9.10. The monoisotopic (exact) mass is 215 g/mol. The fourth-order valence-electron chi connectivity index (χ4n) is 1.26. The molecule has 0 radical (unpaired) electrons. The van der Waals surface area contributed by atoms with E-state index in [1.54, 1.807) is 13.8 Å². The SMILES string of the molecule is CC(C)(CO)[C@H](N)c1ccc(F)c(F)c1. The van der Waals surface area contributed by atoms with Crippen LogP contribution in [0.4, 0.5) is 8.78 Å². The summed E-state index contributed by atoms with van der Waals surface area (Å²) in [4.78, 5) is 0. The van der Waals surface area contributed by atoms with Crippen molar-refractivity contribution in [1.29, 1.82) is 0 Å². The minimum Gasteiger partial charge on any atom is -0.396 e. The summed E-state index contributed by atoms with van der Waals surface area (Å²) in [6.07, 6.45) is 0. The number of hydrogen-bond donors (Lipinski definition) is 2. The van der Waals surface area contributed by atoms with Gasteiger partial charge in [0.15, 0.2) is 11.6 Å². The molecule has 1 rings (SSSR count). The fourth-order valence-corrected chi connectivity index (χ4v) is 1.26. The number of aliphatic hydroxyl groups is 1. The smallest absolute Gasteiger partial charge is 0.159 e. The highest BCUT2D eigenvalue weighted by molar-refractivity contribution is 5.22. The van der Waals surface area contributed by atoms with Crippen LogP contribution in [0.15, 0.2) is 18.2 Å². The molecule has 0 aromatic heterocycles. The summed E-state index contributed by atoms with van der Waals surface area (Å²) < 4.78 is 25.6. The Balaban J connectivity index is 3.02. The molecule has 15 heavy (non-hydrogen) atoms. The van der Waals surface area contributed by atoms with Gasteiger partial charge in [-0.15, -0.1) is 0 Å². The zero-order valence-corrected chi connectivity index (χ0v) is 8.80. The van der Waals surface area contributed by atoms with Gasteiger partial charge in [0.05, 0.1) is 0 Å². The molecule has 0 saturated carbocycles. The topological polar surface area (TPSA) is 46.2 Å². The van der Waals surface area contributed by atoms with Crippen LogP contribution < -0.4 is 5.73 Å². The molecule has 3 N–H and O–H groups in total. The molecule has 0 unspecified atom stereocenters. The molecular weight excluding hydrogens is 200 g/mol. The third-order valence-corrected chi connectivity index (χ3v) is 2.55. The highest BCUT2D eigenvalue weighted by Crippen LogP contribution is 2.31. The standard InChI is InChI=1S/C11H15F2NO/c1-11(2,6-15)10(14)7-3-4-8(12)9(13)5-7/h3-5,10,15H,6,14H2,1-2H3/t10-/m1/s1. The van der Waals surface area contributed by atoms with Crippen LogP contribution in [0.25, 0.3) is 0 Å². The Morgan fingerprint density at radius 3 is 2.40 bits per heavy atom. The number of rotatable bonds is 3. The van der Waals surface area contributed by atoms with Crippen molar-refractivity contribution < 1.29 is 13.9 Å². The van der Waals surface area contributed by atoms with Gasteiger partial charge in [0.1, 0.15) is 0 Å². The number of aliphatic hydroxyl groups excluding tert-OH is 1. The van der Waals surface area contributed by atoms with Gasteiger partial charge in [-0.1, -0.05) is 19.9 Å². The van der Waals surface area contributed by atoms with Crippen molar-refractivity contribution in [3.8, 4) is 0 Å². The van der Waals surface area contributed by atoms with E-state index in [1.807, 2.05) is 0 Å². The molecule has 0 bridgehead atoms. The Kier molecular flexibility index (Phi) is 3.42. The van der Waals surface area contributed by atoms with Crippen LogP contribution in [-0.2, 0) is 0 Å². The van der Waals surface area contributed by atoms with E-state index < -0.39 is 23.1 Å². The molecule has 2 nitrogen and oxygen atoms in total. The minimum absolute atomic E-state index is 0.118. The molecular formula is C11H15F2NO. The number of halogens is 2. The van der Waals surface area contributed by atoms with Crippen molar-refractivity contribution in [2.45, 2.75) is 19.9 Å². The molecule has 0 amide bonds. The largest absolute Gasteiger partial charge is 0.396 e. The molecule has 0 aliphatic rings. The van der Waals surface area contributed by atoms with Crippen LogP contribution in [0.2, 0.25) is 0 Å². The van der Waals surface area contributed by atoms with Crippen LogP contribution in [-0.4, -0.2) is 11.7 Å². The molecule has 0 aliphatic heterocycles. The lowest BCUT2D eigenvalue weighted by Crippen LogP contribution is -2.32. The van der Waals surface area contributed by atoms with Crippen LogP contribution >= 0.6 is 0 Å². The van der Waals surface area contributed by atoms with Gasteiger partial charge in [-0.25, -0.2) is 8.78 Å². The predicted octanol–water partition coefficient (Wildman–Crippen LogP) is 1.98. The Bertz CT molecular complexity index is 352. The Morgan fingerprint density at radius 1 is 1.33 bits per heavy atom. The molecule has 1 aromatic rings. The van der Waals surface area contributed by atoms with Crippen molar-refractivity contribution in [2.24, 2.45) is 11.1 Å². The lowest BCUT2D eigenvalue weighted by molar-refractivity contribution is 0.132. The van der Waals surface area contributed by atoms with E-state index >= 15 is 0 Å². The van der Waals surface area contributed by atoms with Crippen molar-refractivity contribution in [3.63, 3.8) is 0 Å². The fraction of sp³-hybridized carbons (Fsp3) is 0.455. The van der Waals surface area contributed by atoms with E-state index in [9.17, 15) is 8.78 Å². The summed E-state index contributed by atoms with van der Waals surface area (Å²) in [6, 6.07) is 3.01.